The lowest BCUT2D eigenvalue weighted by Gasteiger charge is -2.35. The molecule has 0 atom stereocenters. The van der Waals surface area contributed by atoms with E-state index in [0.29, 0.717) is 18.0 Å². The molecule has 0 unspecified atom stereocenters. The van der Waals surface area contributed by atoms with Crippen LogP contribution >= 0.6 is 11.3 Å². The molecular weight excluding hydrogens is 224 g/mol. The van der Waals surface area contributed by atoms with Crippen LogP contribution in [0.1, 0.15) is 35.5 Å². The summed E-state index contributed by atoms with van der Waals surface area (Å²) in [7, 11) is 0. The highest BCUT2D eigenvalue weighted by Crippen LogP contribution is 2.28. The number of rotatable bonds is 1. The molecule has 16 heavy (non-hydrogen) atoms. The minimum atomic E-state index is -0.348. The van der Waals surface area contributed by atoms with Crippen molar-refractivity contribution in [3.05, 3.63) is 16.1 Å². The third kappa shape index (κ3) is 2.10. The van der Waals surface area contributed by atoms with E-state index in [1.54, 1.807) is 11.1 Å². The maximum Gasteiger partial charge on any atom is 0.265 e. The van der Waals surface area contributed by atoms with Crippen molar-refractivity contribution < 1.29 is 9.90 Å². The predicted octanol–water partition coefficient (Wildman–Crippen LogP) is 1.26. The summed E-state index contributed by atoms with van der Waals surface area (Å²) in [5.74, 6) is -0.0155. The number of amides is 1. The molecule has 0 saturated carbocycles. The number of carbonyl (C=O) groups is 1. The molecule has 88 valence electrons. The van der Waals surface area contributed by atoms with Crippen molar-refractivity contribution in [3.8, 4) is 0 Å². The Kier molecular flexibility index (Phi) is 2.75. The molecule has 1 N–H and O–H groups in total. The van der Waals surface area contributed by atoms with Gasteiger partial charge in [0.15, 0.2) is 0 Å². The molecule has 1 aromatic rings. The first-order chi connectivity index (χ1) is 7.38. The van der Waals surface area contributed by atoms with Gasteiger partial charge in [0.25, 0.3) is 5.91 Å². The van der Waals surface area contributed by atoms with Gasteiger partial charge in [0.2, 0.25) is 0 Å². The van der Waals surface area contributed by atoms with Crippen LogP contribution in [0.4, 0.5) is 0 Å². The van der Waals surface area contributed by atoms with Gasteiger partial charge in [0.05, 0.1) is 17.3 Å². The van der Waals surface area contributed by atoms with Gasteiger partial charge in [0, 0.05) is 18.5 Å². The lowest BCUT2D eigenvalue weighted by Crippen LogP contribution is -2.53. The fraction of sp³-hybridized carbons (Fsp3) is 0.636. The van der Waals surface area contributed by atoms with Gasteiger partial charge in [-0.3, -0.25) is 4.79 Å². The van der Waals surface area contributed by atoms with Crippen LogP contribution in [-0.2, 0) is 5.41 Å². The number of thiazole rings is 1. The van der Waals surface area contributed by atoms with Gasteiger partial charge in [-0.15, -0.1) is 11.3 Å². The van der Waals surface area contributed by atoms with Crippen molar-refractivity contribution in [1.29, 1.82) is 0 Å². The number of aliphatic hydroxyl groups is 1. The van der Waals surface area contributed by atoms with E-state index in [1.165, 1.54) is 11.3 Å². The minimum absolute atomic E-state index is 0.0155. The van der Waals surface area contributed by atoms with E-state index < -0.39 is 0 Å². The van der Waals surface area contributed by atoms with Crippen molar-refractivity contribution in [1.82, 2.24) is 9.88 Å². The number of nitrogens with zero attached hydrogens (tertiary/aromatic N) is 2. The van der Waals surface area contributed by atoms with Crippen LogP contribution in [0, 0.1) is 0 Å². The number of hydrogen-bond donors (Lipinski definition) is 1. The van der Waals surface area contributed by atoms with Crippen molar-refractivity contribution in [2.24, 2.45) is 0 Å². The minimum Gasteiger partial charge on any atom is -0.389 e. The second-order valence-corrected chi connectivity index (χ2v) is 6.17. The molecule has 1 fully saturated rings. The molecule has 1 aromatic heterocycles. The monoisotopic (exact) mass is 240 g/mol. The van der Waals surface area contributed by atoms with Crippen LogP contribution in [0.5, 0.6) is 0 Å². The highest BCUT2D eigenvalue weighted by Gasteiger charge is 2.31. The van der Waals surface area contributed by atoms with Gasteiger partial charge in [-0.25, -0.2) is 4.98 Å². The van der Waals surface area contributed by atoms with E-state index in [2.05, 4.69) is 25.8 Å². The quantitative estimate of drug-likeness (QED) is 0.804. The summed E-state index contributed by atoms with van der Waals surface area (Å²) in [6.45, 7) is 7.12. The van der Waals surface area contributed by atoms with Crippen LogP contribution in [0.15, 0.2) is 6.20 Å². The molecule has 1 saturated heterocycles. The SMILES string of the molecule is CC(C)(C)c1ncc(C(=O)N2CC(O)C2)s1. The Labute approximate surface area is 98.9 Å². The van der Waals surface area contributed by atoms with E-state index in [-0.39, 0.29) is 17.4 Å². The standard InChI is InChI=1S/C11H16N2O2S/c1-11(2,3)10-12-4-8(16-10)9(15)13-5-7(14)6-13/h4,7,14H,5-6H2,1-3H3. The van der Waals surface area contributed by atoms with E-state index in [0.717, 1.165) is 5.01 Å². The summed E-state index contributed by atoms with van der Waals surface area (Å²) in [6, 6.07) is 0. The van der Waals surface area contributed by atoms with Gasteiger partial charge in [0.1, 0.15) is 4.88 Å². The number of carbonyl (C=O) groups excluding carboxylic acids is 1. The number of aromatic nitrogens is 1. The molecular formula is C11H16N2O2S. The molecule has 1 aliphatic rings. The number of hydrogen-bond acceptors (Lipinski definition) is 4. The van der Waals surface area contributed by atoms with Gasteiger partial charge in [-0.05, 0) is 0 Å². The zero-order valence-corrected chi connectivity index (χ0v) is 10.5. The summed E-state index contributed by atoms with van der Waals surface area (Å²) in [5.41, 5.74) is -0.0162. The molecule has 2 heterocycles. The van der Waals surface area contributed by atoms with Crippen LogP contribution in [0.2, 0.25) is 0 Å². The predicted molar refractivity (Wildman–Crippen MR) is 62.7 cm³/mol. The Morgan fingerprint density at radius 1 is 1.56 bits per heavy atom. The van der Waals surface area contributed by atoms with Crippen LogP contribution in [0.25, 0.3) is 0 Å². The molecule has 0 radical (unpaired) electrons. The summed E-state index contributed by atoms with van der Waals surface area (Å²) >= 11 is 1.44. The molecule has 1 amide bonds. The fourth-order valence-electron chi connectivity index (χ4n) is 1.50. The Balaban J connectivity index is 2.10. The second kappa shape index (κ2) is 3.82. The van der Waals surface area contributed by atoms with Crippen molar-refractivity contribution in [3.63, 3.8) is 0 Å². The van der Waals surface area contributed by atoms with Gasteiger partial charge in [-0.2, -0.15) is 0 Å². The maximum absolute atomic E-state index is 11.9. The molecule has 2 rings (SSSR count). The fourth-order valence-corrected chi connectivity index (χ4v) is 2.44. The normalized spacial score (nSPS) is 17.4. The Morgan fingerprint density at radius 3 is 2.62 bits per heavy atom. The highest BCUT2D eigenvalue weighted by molar-refractivity contribution is 7.13. The van der Waals surface area contributed by atoms with Gasteiger partial charge >= 0.3 is 0 Å². The van der Waals surface area contributed by atoms with Gasteiger partial charge < -0.3 is 10.0 Å². The van der Waals surface area contributed by atoms with E-state index >= 15 is 0 Å². The van der Waals surface area contributed by atoms with Crippen LogP contribution in [-0.4, -0.2) is 40.1 Å². The Bertz CT molecular complexity index is 402. The number of aliphatic hydroxyl groups excluding tert-OH is 1. The van der Waals surface area contributed by atoms with E-state index in [4.69, 9.17) is 5.11 Å². The van der Waals surface area contributed by atoms with Crippen LogP contribution in [0.3, 0.4) is 0 Å². The lowest BCUT2D eigenvalue weighted by molar-refractivity contribution is 0.00621. The van der Waals surface area contributed by atoms with E-state index in [1.807, 2.05) is 0 Å². The second-order valence-electron chi connectivity index (χ2n) is 5.14. The first-order valence-electron chi connectivity index (χ1n) is 5.31. The van der Waals surface area contributed by atoms with Crippen molar-refractivity contribution >= 4 is 17.2 Å². The summed E-state index contributed by atoms with van der Waals surface area (Å²) < 4.78 is 0. The summed E-state index contributed by atoms with van der Waals surface area (Å²) in [5, 5.41) is 10.1. The maximum atomic E-state index is 11.9. The smallest absolute Gasteiger partial charge is 0.265 e. The van der Waals surface area contributed by atoms with E-state index in [9.17, 15) is 4.79 Å². The number of β-amino-alcohol motifs (C(OH)–C–C–N with tert-alkyl or cyclic N) is 1. The largest absolute Gasteiger partial charge is 0.389 e. The Morgan fingerprint density at radius 2 is 2.19 bits per heavy atom. The third-order valence-corrected chi connectivity index (χ3v) is 3.92. The third-order valence-electron chi connectivity index (χ3n) is 2.51. The molecule has 0 aliphatic carbocycles. The molecule has 0 aromatic carbocycles. The highest BCUT2D eigenvalue weighted by atomic mass is 32.1. The molecule has 0 bridgehead atoms. The molecule has 4 nitrogen and oxygen atoms in total. The zero-order valence-electron chi connectivity index (χ0n) is 9.73. The lowest BCUT2D eigenvalue weighted by atomic mass is 9.98. The average Bonchev–Trinajstić information content (AvgIpc) is 2.59. The van der Waals surface area contributed by atoms with Crippen molar-refractivity contribution in [2.75, 3.05) is 13.1 Å². The average molecular weight is 240 g/mol. The summed E-state index contributed by atoms with van der Waals surface area (Å²) in [4.78, 5) is 18.5. The van der Waals surface area contributed by atoms with Gasteiger partial charge in [-0.1, -0.05) is 20.8 Å². The molecule has 0 spiro atoms. The van der Waals surface area contributed by atoms with Crippen LogP contribution < -0.4 is 0 Å². The number of likely N-dealkylation sites (tertiary alicyclic amines) is 1. The summed E-state index contributed by atoms with van der Waals surface area (Å²) in [6.07, 6.45) is 1.29. The molecule has 1 aliphatic heterocycles. The van der Waals surface area contributed by atoms with Crippen molar-refractivity contribution in [2.45, 2.75) is 32.3 Å². The topological polar surface area (TPSA) is 53.4 Å². The molecule has 5 heteroatoms. The first kappa shape index (κ1) is 11.5. The zero-order chi connectivity index (χ0) is 11.9. The first-order valence-corrected chi connectivity index (χ1v) is 6.13. The Hall–Kier alpha value is -0.940.